The SMILES string of the molecule is CC(C)C(=N)CCC(C)C(C)C=P. The molecule has 0 heterocycles. The van der Waals surface area contributed by atoms with Crippen molar-refractivity contribution in [2.24, 2.45) is 17.8 Å². The summed E-state index contributed by atoms with van der Waals surface area (Å²) in [6.07, 6.45) is 2.07. The van der Waals surface area contributed by atoms with Crippen molar-refractivity contribution in [2.75, 3.05) is 0 Å². The maximum atomic E-state index is 7.71. The second-order valence-corrected chi connectivity index (χ2v) is 4.56. The largest absolute Gasteiger partial charge is 0.309 e. The van der Waals surface area contributed by atoms with Crippen LogP contribution in [-0.4, -0.2) is 11.5 Å². The lowest BCUT2D eigenvalue weighted by Gasteiger charge is -2.16. The second-order valence-electron chi connectivity index (χ2n) is 4.22. The molecule has 13 heavy (non-hydrogen) atoms. The van der Waals surface area contributed by atoms with Crippen molar-refractivity contribution in [1.82, 2.24) is 0 Å². The Morgan fingerprint density at radius 2 is 1.85 bits per heavy atom. The normalized spacial score (nSPS) is 15.5. The molecule has 1 nitrogen and oxygen atoms in total. The van der Waals surface area contributed by atoms with Gasteiger partial charge in [0.1, 0.15) is 0 Å². The zero-order valence-electron chi connectivity index (χ0n) is 9.22. The predicted octanol–water partition coefficient (Wildman–Crippen LogP) is 3.66. The summed E-state index contributed by atoms with van der Waals surface area (Å²) in [7, 11) is 3.42. The van der Waals surface area contributed by atoms with E-state index in [-0.39, 0.29) is 0 Å². The third-order valence-electron chi connectivity index (χ3n) is 2.73. The zero-order chi connectivity index (χ0) is 10.4. The predicted molar refractivity (Wildman–Crippen MR) is 64.5 cm³/mol. The molecule has 0 radical (unpaired) electrons. The van der Waals surface area contributed by atoms with Gasteiger partial charge >= 0.3 is 0 Å². The van der Waals surface area contributed by atoms with Gasteiger partial charge in [-0.1, -0.05) is 33.5 Å². The molecule has 0 aromatic carbocycles. The first-order chi connectivity index (χ1) is 5.99. The van der Waals surface area contributed by atoms with Gasteiger partial charge in [-0.2, -0.15) is 0 Å². The van der Waals surface area contributed by atoms with E-state index in [0.717, 1.165) is 18.6 Å². The monoisotopic (exact) mass is 199 g/mol. The van der Waals surface area contributed by atoms with Crippen LogP contribution in [0.3, 0.4) is 0 Å². The molecule has 0 bridgehead atoms. The zero-order valence-corrected chi connectivity index (χ0v) is 10.2. The first-order valence-electron chi connectivity index (χ1n) is 5.07. The molecule has 2 heteroatoms. The third-order valence-corrected chi connectivity index (χ3v) is 3.25. The van der Waals surface area contributed by atoms with Crippen molar-refractivity contribution in [1.29, 1.82) is 5.41 Å². The van der Waals surface area contributed by atoms with E-state index in [0.29, 0.717) is 17.8 Å². The van der Waals surface area contributed by atoms with E-state index in [1.807, 2.05) is 0 Å². The van der Waals surface area contributed by atoms with Crippen LogP contribution < -0.4 is 0 Å². The van der Waals surface area contributed by atoms with Gasteiger partial charge in [-0.05, 0) is 30.6 Å². The minimum atomic E-state index is 0.412. The van der Waals surface area contributed by atoms with Gasteiger partial charge in [0, 0.05) is 5.71 Å². The molecule has 0 saturated carbocycles. The topological polar surface area (TPSA) is 23.9 Å². The van der Waals surface area contributed by atoms with Crippen molar-refractivity contribution in [2.45, 2.75) is 40.5 Å². The molecular weight excluding hydrogens is 177 g/mol. The van der Waals surface area contributed by atoms with Crippen LogP contribution in [0.2, 0.25) is 0 Å². The van der Waals surface area contributed by atoms with Crippen LogP contribution in [0.5, 0.6) is 0 Å². The number of hydrogen-bond acceptors (Lipinski definition) is 1. The molecular formula is C11H22NP. The molecule has 2 atom stereocenters. The van der Waals surface area contributed by atoms with E-state index in [1.54, 1.807) is 0 Å². The highest BCUT2D eigenvalue weighted by molar-refractivity contribution is 7.18. The molecule has 0 fully saturated rings. The molecule has 0 rings (SSSR count). The average Bonchev–Trinajstić information content (AvgIpc) is 2.11. The summed E-state index contributed by atoms with van der Waals surface area (Å²) < 4.78 is 0. The third kappa shape index (κ3) is 5.21. The van der Waals surface area contributed by atoms with Crippen molar-refractivity contribution in [3.63, 3.8) is 0 Å². The van der Waals surface area contributed by atoms with Crippen molar-refractivity contribution in [3.8, 4) is 0 Å². The molecule has 1 N–H and O–H groups in total. The van der Waals surface area contributed by atoms with Crippen LogP contribution in [0, 0.1) is 23.2 Å². The van der Waals surface area contributed by atoms with Gasteiger partial charge in [0.05, 0.1) is 0 Å². The van der Waals surface area contributed by atoms with Gasteiger partial charge in [0.25, 0.3) is 0 Å². The van der Waals surface area contributed by atoms with E-state index in [2.05, 4.69) is 42.4 Å². The first-order valence-corrected chi connectivity index (χ1v) is 5.64. The molecule has 0 spiro atoms. The smallest absolute Gasteiger partial charge is 0.0115 e. The van der Waals surface area contributed by atoms with Gasteiger partial charge in [-0.3, -0.25) is 0 Å². The maximum absolute atomic E-state index is 7.71. The molecule has 0 aliphatic heterocycles. The van der Waals surface area contributed by atoms with Crippen LogP contribution in [0.1, 0.15) is 40.5 Å². The summed E-state index contributed by atoms with van der Waals surface area (Å²) in [5.74, 6) is 3.73. The molecule has 0 aromatic rings. The Kier molecular flexibility index (Phi) is 6.24. The quantitative estimate of drug-likeness (QED) is 0.498. The van der Waals surface area contributed by atoms with Crippen LogP contribution in [0.25, 0.3) is 0 Å². The van der Waals surface area contributed by atoms with Crippen LogP contribution >= 0.6 is 8.86 Å². The highest BCUT2D eigenvalue weighted by Gasteiger charge is 2.10. The van der Waals surface area contributed by atoms with Crippen LogP contribution in [0.4, 0.5) is 0 Å². The Balaban J connectivity index is 3.76. The lowest BCUT2D eigenvalue weighted by Crippen LogP contribution is -2.12. The van der Waals surface area contributed by atoms with E-state index in [4.69, 9.17) is 5.41 Å². The lowest BCUT2D eigenvalue weighted by atomic mass is 9.90. The van der Waals surface area contributed by atoms with Crippen molar-refractivity contribution >= 4 is 20.4 Å². The standard InChI is InChI=1S/C11H22NP/c1-8(2)11(12)6-5-9(3)10(4)7-13/h7-10,12-13H,5-6H2,1-4H3. The lowest BCUT2D eigenvalue weighted by molar-refractivity contribution is 0.463. The Morgan fingerprint density at radius 3 is 2.23 bits per heavy atom. The summed E-state index contributed by atoms with van der Waals surface area (Å²) in [5, 5.41) is 7.71. The highest BCUT2D eigenvalue weighted by Crippen LogP contribution is 2.17. The Morgan fingerprint density at radius 1 is 1.31 bits per heavy atom. The number of rotatable bonds is 6. The summed E-state index contributed by atoms with van der Waals surface area (Å²) in [6.45, 7) is 8.63. The van der Waals surface area contributed by atoms with E-state index >= 15 is 0 Å². The van der Waals surface area contributed by atoms with E-state index < -0.39 is 0 Å². The van der Waals surface area contributed by atoms with Gasteiger partial charge in [0.2, 0.25) is 0 Å². The van der Waals surface area contributed by atoms with Gasteiger partial charge in [-0.25, -0.2) is 0 Å². The number of hydrogen-bond donors (Lipinski definition) is 1. The van der Waals surface area contributed by atoms with Crippen molar-refractivity contribution < 1.29 is 0 Å². The molecule has 2 unspecified atom stereocenters. The summed E-state index contributed by atoms with van der Waals surface area (Å²) in [4.78, 5) is 0. The molecule has 0 aliphatic carbocycles. The maximum Gasteiger partial charge on any atom is 0.0115 e. The van der Waals surface area contributed by atoms with Crippen LogP contribution in [0.15, 0.2) is 0 Å². The minimum absolute atomic E-state index is 0.412. The van der Waals surface area contributed by atoms with Crippen molar-refractivity contribution in [3.05, 3.63) is 0 Å². The van der Waals surface area contributed by atoms with Gasteiger partial charge in [-0.15, -0.1) is 8.86 Å². The molecule has 0 aromatic heterocycles. The summed E-state index contributed by atoms with van der Waals surface area (Å²) in [6, 6.07) is 0. The molecule has 0 aliphatic rings. The molecule has 0 amide bonds. The van der Waals surface area contributed by atoms with Crippen LogP contribution in [-0.2, 0) is 0 Å². The summed E-state index contributed by atoms with van der Waals surface area (Å²) >= 11 is 0. The highest BCUT2D eigenvalue weighted by atomic mass is 31.0. The fraction of sp³-hybridized carbons (Fsp3) is 0.818. The Hall–Kier alpha value is -0.160. The Labute approximate surface area is 84.7 Å². The minimum Gasteiger partial charge on any atom is -0.309 e. The average molecular weight is 199 g/mol. The fourth-order valence-electron chi connectivity index (χ4n) is 1.10. The van der Waals surface area contributed by atoms with Gasteiger partial charge in [0.15, 0.2) is 0 Å². The first kappa shape index (κ1) is 12.8. The molecule has 76 valence electrons. The van der Waals surface area contributed by atoms with Gasteiger partial charge < -0.3 is 5.41 Å². The fourth-order valence-corrected chi connectivity index (χ4v) is 1.43. The molecule has 0 saturated heterocycles. The van der Waals surface area contributed by atoms with E-state index in [9.17, 15) is 0 Å². The second kappa shape index (κ2) is 6.32. The Bertz CT molecular complexity index is 175. The summed E-state index contributed by atoms with van der Waals surface area (Å²) in [5.41, 5.74) is 0.882. The van der Waals surface area contributed by atoms with E-state index in [1.165, 1.54) is 0 Å². The number of nitrogens with one attached hydrogen (secondary N) is 1.